The fraction of sp³-hybridized carbons (Fsp3) is 0.278. The summed E-state index contributed by atoms with van der Waals surface area (Å²) in [6.45, 7) is 2.05. The molecule has 0 fully saturated rings. The van der Waals surface area contributed by atoms with E-state index in [0.29, 0.717) is 5.82 Å². The topological polar surface area (TPSA) is 92.3 Å². The minimum Gasteiger partial charge on any atom is -0.360 e. The molecule has 1 aliphatic carbocycles. The van der Waals surface area contributed by atoms with Crippen molar-refractivity contribution >= 4 is 27.4 Å². The Hall–Kier alpha value is -2.87. The number of aryl methyl sites for hydroxylation is 2. The van der Waals surface area contributed by atoms with Crippen LogP contribution in [0.4, 0.5) is 5.82 Å². The summed E-state index contributed by atoms with van der Waals surface area (Å²) < 4.78 is 0. The molecule has 1 unspecified atom stereocenters. The molecular weight excluding hydrogens is 346 g/mol. The van der Waals surface area contributed by atoms with Gasteiger partial charge in [0, 0.05) is 22.8 Å². The molecule has 130 valence electrons. The van der Waals surface area contributed by atoms with Crippen molar-refractivity contribution in [2.75, 3.05) is 5.32 Å². The van der Waals surface area contributed by atoms with Gasteiger partial charge in [0.05, 0.1) is 11.4 Å². The first-order chi connectivity index (χ1) is 12.8. The summed E-state index contributed by atoms with van der Waals surface area (Å²) in [6.07, 6.45) is 8.51. The molecule has 0 aromatic carbocycles. The van der Waals surface area contributed by atoms with Gasteiger partial charge in [-0.2, -0.15) is 5.10 Å². The number of fused-ring (bicyclic) bond motifs is 3. The predicted molar refractivity (Wildman–Crippen MR) is 101 cm³/mol. The summed E-state index contributed by atoms with van der Waals surface area (Å²) in [6, 6.07) is 3.86. The lowest BCUT2D eigenvalue weighted by Crippen LogP contribution is -2.11. The molecule has 0 spiro atoms. The average molecular weight is 363 g/mol. The number of thiophene rings is 1. The van der Waals surface area contributed by atoms with Crippen molar-refractivity contribution in [3.63, 3.8) is 0 Å². The number of nitrogens with one attached hydrogen (secondary N) is 2. The second kappa shape index (κ2) is 6.14. The third kappa shape index (κ3) is 2.53. The summed E-state index contributed by atoms with van der Waals surface area (Å²) in [7, 11) is 0. The normalized spacial score (nSPS) is 14.5. The second-order valence-corrected chi connectivity index (χ2v) is 7.50. The van der Waals surface area contributed by atoms with E-state index in [4.69, 9.17) is 9.97 Å². The highest BCUT2D eigenvalue weighted by molar-refractivity contribution is 7.19. The van der Waals surface area contributed by atoms with Crippen molar-refractivity contribution in [2.45, 2.75) is 32.2 Å². The molecule has 0 saturated heterocycles. The van der Waals surface area contributed by atoms with Gasteiger partial charge in [-0.15, -0.1) is 11.3 Å². The molecule has 4 aromatic heterocycles. The Balaban J connectivity index is 1.66. The standard InChI is InChI=1S/C18H17N7S/c1-10(15-20-9-21-25-15)22-17-14-12-5-2-6-13(12)26-18(14)24-16(23-17)11-4-3-7-19-8-11/h3-4,7-10H,2,5-6H2,1H3,(H,20,21,25)(H,22,23,24). The molecule has 4 aromatic rings. The molecule has 4 heterocycles. The summed E-state index contributed by atoms with van der Waals surface area (Å²) in [4.78, 5) is 20.6. The first-order valence-corrected chi connectivity index (χ1v) is 9.46. The largest absolute Gasteiger partial charge is 0.360 e. The van der Waals surface area contributed by atoms with Gasteiger partial charge in [-0.1, -0.05) is 0 Å². The van der Waals surface area contributed by atoms with Crippen molar-refractivity contribution in [3.05, 3.63) is 47.1 Å². The van der Waals surface area contributed by atoms with Crippen molar-refractivity contribution in [3.8, 4) is 11.4 Å². The number of hydrogen-bond acceptors (Lipinski definition) is 7. The van der Waals surface area contributed by atoms with Gasteiger partial charge >= 0.3 is 0 Å². The molecule has 0 aliphatic heterocycles. The molecule has 8 heteroatoms. The molecule has 5 rings (SSSR count). The summed E-state index contributed by atoms with van der Waals surface area (Å²) in [5, 5.41) is 11.5. The SMILES string of the molecule is CC(Nc1nc(-c2cccnc2)nc2sc3c(c12)CCC3)c1ncn[nH]1. The minimum atomic E-state index is -0.0331. The smallest absolute Gasteiger partial charge is 0.164 e. The summed E-state index contributed by atoms with van der Waals surface area (Å²) in [5.74, 6) is 2.33. The Morgan fingerprint density at radius 1 is 1.27 bits per heavy atom. The highest BCUT2D eigenvalue weighted by Gasteiger charge is 2.24. The van der Waals surface area contributed by atoms with Crippen LogP contribution in [-0.4, -0.2) is 30.1 Å². The third-order valence-corrected chi connectivity index (χ3v) is 5.87. The van der Waals surface area contributed by atoms with E-state index >= 15 is 0 Å². The Bertz CT molecular complexity index is 1060. The molecule has 26 heavy (non-hydrogen) atoms. The Morgan fingerprint density at radius 3 is 3.04 bits per heavy atom. The van der Waals surface area contributed by atoms with Gasteiger partial charge in [0.1, 0.15) is 22.8 Å². The lowest BCUT2D eigenvalue weighted by Gasteiger charge is -2.14. The van der Waals surface area contributed by atoms with E-state index in [1.807, 2.05) is 19.1 Å². The first kappa shape index (κ1) is 15.4. The zero-order chi connectivity index (χ0) is 17.5. The number of aromatic nitrogens is 6. The van der Waals surface area contributed by atoms with E-state index in [1.54, 1.807) is 23.7 Å². The van der Waals surface area contributed by atoms with E-state index in [9.17, 15) is 0 Å². The third-order valence-electron chi connectivity index (χ3n) is 4.68. The number of pyridine rings is 1. The second-order valence-electron chi connectivity index (χ2n) is 6.41. The molecule has 0 saturated carbocycles. The quantitative estimate of drug-likeness (QED) is 0.576. The highest BCUT2D eigenvalue weighted by Crippen LogP contribution is 2.41. The van der Waals surface area contributed by atoms with Gasteiger partial charge in [-0.05, 0) is 43.9 Å². The molecule has 2 N–H and O–H groups in total. The fourth-order valence-electron chi connectivity index (χ4n) is 3.42. The van der Waals surface area contributed by atoms with E-state index in [2.05, 4.69) is 25.5 Å². The van der Waals surface area contributed by atoms with Crippen molar-refractivity contribution in [1.82, 2.24) is 30.1 Å². The maximum atomic E-state index is 4.85. The van der Waals surface area contributed by atoms with Crippen LogP contribution in [0.15, 0.2) is 30.9 Å². The van der Waals surface area contributed by atoms with Gasteiger partial charge < -0.3 is 5.32 Å². The van der Waals surface area contributed by atoms with Crippen LogP contribution in [0.3, 0.4) is 0 Å². The van der Waals surface area contributed by atoms with E-state index in [0.717, 1.165) is 40.3 Å². The molecule has 0 bridgehead atoms. The maximum absolute atomic E-state index is 4.85. The summed E-state index contributed by atoms with van der Waals surface area (Å²) >= 11 is 1.79. The fourth-order valence-corrected chi connectivity index (χ4v) is 4.68. The van der Waals surface area contributed by atoms with Gasteiger partial charge in [0.25, 0.3) is 0 Å². The van der Waals surface area contributed by atoms with E-state index in [1.165, 1.54) is 23.2 Å². The lowest BCUT2D eigenvalue weighted by atomic mass is 10.1. The number of hydrogen-bond donors (Lipinski definition) is 2. The predicted octanol–water partition coefficient (Wildman–Crippen LogP) is 3.53. The maximum Gasteiger partial charge on any atom is 0.164 e. The highest BCUT2D eigenvalue weighted by atomic mass is 32.1. The molecule has 1 aliphatic rings. The van der Waals surface area contributed by atoms with E-state index < -0.39 is 0 Å². The number of H-pyrrole nitrogens is 1. The van der Waals surface area contributed by atoms with Gasteiger partial charge in [0.15, 0.2) is 5.82 Å². The number of anilines is 1. The molecule has 1 atom stereocenters. The lowest BCUT2D eigenvalue weighted by molar-refractivity contribution is 0.791. The Labute approximate surface area is 154 Å². The van der Waals surface area contributed by atoms with Crippen LogP contribution in [0.5, 0.6) is 0 Å². The van der Waals surface area contributed by atoms with Crippen LogP contribution in [-0.2, 0) is 12.8 Å². The number of aromatic amines is 1. The molecule has 0 amide bonds. The average Bonchev–Trinajstić information content (AvgIpc) is 3.39. The molecular formula is C18H17N7S. The van der Waals surface area contributed by atoms with Gasteiger partial charge in [-0.3, -0.25) is 10.1 Å². The van der Waals surface area contributed by atoms with Crippen LogP contribution >= 0.6 is 11.3 Å². The zero-order valence-electron chi connectivity index (χ0n) is 14.2. The Morgan fingerprint density at radius 2 is 2.23 bits per heavy atom. The van der Waals surface area contributed by atoms with Crippen LogP contribution in [0.25, 0.3) is 21.6 Å². The first-order valence-electron chi connectivity index (χ1n) is 8.64. The van der Waals surface area contributed by atoms with Gasteiger partial charge in [0.2, 0.25) is 0 Å². The van der Waals surface area contributed by atoms with Crippen molar-refractivity contribution in [2.24, 2.45) is 0 Å². The van der Waals surface area contributed by atoms with Gasteiger partial charge in [-0.25, -0.2) is 15.0 Å². The monoisotopic (exact) mass is 363 g/mol. The minimum absolute atomic E-state index is 0.0331. The number of rotatable bonds is 4. The summed E-state index contributed by atoms with van der Waals surface area (Å²) in [5.41, 5.74) is 2.31. The van der Waals surface area contributed by atoms with Crippen molar-refractivity contribution < 1.29 is 0 Å². The number of nitrogens with zero attached hydrogens (tertiary/aromatic N) is 5. The molecule has 0 radical (unpaired) electrons. The van der Waals surface area contributed by atoms with Crippen LogP contribution < -0.4 is 5.32 Å². The zero-order valence-corrected chi connectivity index (χ0v) is 15.0. The Kier molecular flexibility index (Phi) is 3.63. The van der Waals surface area contributed by atoms with Crippen molar-refractivity contribution in [1.29, 1.82) is 0 Å². The van der Waals surface area contributed by atoms with E-state index in [-0.39, 0.29) is 6.04 Å². The van der Waals surface area contributed by atoms with Crippen LogP contribution in [0.2, 0.25) is 0 Å². The van der Waals surface area contributed by atoms with Crippen LogP contribution in [0, 0.1) is 0 Å². The molecule has 7 nitrogen and oxygen atoms in total. The van der Waals surface area contributed by atoms with Crippen LogP contribution in [0.1, 0.15) is 35.7 Å².